The first-order valence-electron chi connectivity index (χ1n) is 6.02. The van der Waals surface area contributed by atoms with Gasteiger partial charge >= 0.3 is 0 Å². The zero-order chi connectivity index (χ0) is 15.6. The first kappa shape index (κ1) is 14.9. The largest absolute Gasteiger partial charge is 0.497 e. The zero-order valence-electron chi connectivity index (χ0n) is 11.1. The van der Waals surface area contributed by atoms with Crippen LogP contribution in [0.25, 0.3) is 0 Å². The van der Waals surface area contributed by atoms with E-state index in [-0.39, 0.29) is 11.3 Å². The number of hydrogen-bond acceptors (Lipinski definition) is 3. The van der Waals surface area contributed by atoms with Crippen molar-refractivity contribution in [1.29, 1.82) is 0 Å². The molecule has 0 heterocycles. The predicted molar refractivity (Wildman–Crippen MR) is 71.5 cm³/mol. The average Bonchev–Trinajstić information content (AvgIpc) is 2.49. The van der Waals surface area contributed by atoms with Crippen molar-refractivity contribution in [2.75, 3.05) is 7.11 Å². The van der Waals surface area contributed by atoms with E-state index in [1.165, 1.54) is 31.4 Å². The van der Waals surface area contributed by atoms with E-state index in [1.54, 1.807) is 6.07 Å². The van der Waals surface area contributed by atoms with Gasteiger partial charge in [-0.25, -0.2) is 8.78 Å². The minimum absolute atomic E-state index is 0.0315. The van der Waals surface area contributed by atoms with Gasteiger partial charge in [-0.05, 0) is 11.6 Å². The SMILES string of the molecule is COc1cc(F)c(F)c(C(O)(C(N)=O)c2ccccc2)c1. The normalized spacial score (nSPS) is 13.5. The monoisotopic (exact) mass is 293 g/mol. The second kappa shape index (κ2) is 5.49. The molecule has 2 rings (SSSR count). The summed E-state index contributed by atoms with van der Waals surface area (Å²) in [6.45, 7) is 0. The van der Waals surface area contributed by atoms with Gasteiger partial charge in [0.25, 0.3) is 5.91 Å². The number of halogens is 2. The predicted octanol–water partition coefficient (Wildman–Crippen LogP) is 1.69. The van der Waals surface area contributed by atoms with E-state index < -0.39 is 28.7 Å². The Balaban J connectivity index is 2.75. The zero-order valence-corrected chi connectivity index (χ0v) is 11.1. The van der Waals surface area contributed by atoms with Crippen molar-refractivity contribution in [1.82, 2.24) is 0 Å². The van der Waals surface area contributed by atoms with Crippen LogP contribution >= 0.6 is 0 Å². The molecule has 21 heavy (non-hydrogen) atoms. The van der Waals surface area contributed by atoms with E-state index in [1.807, 2.05) is 0 Å². The van der Waals surface area contributed by atoms with Crippen LogP contribution in [0.5, 0.6) is 5.75 Å². The first-order chi connectivity index (χ1) is 9.91. The Bertz CT molecular complexity index is 676. The van der Waals surface area contributed by atoms with Crippen molar-refractivity contribution in [3.63, 3.8) is 0 Å². The van der Waals surface area contributed by atoms with Crippen molar-refractivity contribution in [3.05, 3.63) is 65.2 Å². The van der Waals surface area contributed by atoms with Gasteiger partial charge in [-0.15, -0.1) is 0 Å². The highest BCUT2D eigenvalue weighted by molar-refractivity contribution is 5.88. The highest BCUT2D eigenvalue weighted by atomic mass is 19.2. The summed E-state index contributed by atoms with van der Waals surface area (Å²) in [5.41, 5.74) is 2.16. The van der Waals surface area contributed by atoms with Crippen molar-refractivity contribution < 1.29 is 23.4 Å². The van der Waals surface area contributed by atoms with Crippen molar-refractivity contribution in [3.8, 4) is 5.75 Å². The number of carbonyl (C=O) groups excluding carboxylic acids is 1. The number of amides is 1. The second-order valence-electron chi connectivity index (χ2n) is 4.41. The van der Waals surface area contributed by atoms with Gasteiger partial charge in [0.1, 0.15) is 5.75 Å². The van der Waals surface area contributed by atoms with E-state index in [0.717, 1.165) is 12.1 Å². The minimum atomic E-state index is -2.50. The molecule has 0 saturated heterocycles. The van der Waals surface area contributed by atoms with E-state index in [4.69, 9.17) is 10.5 Å². The van der Waals surface area contributed by atoms with Gasteiger partial charge in [-0.3, -0.25) is 4.79 Å². The van der Waals surface area contributed by atoms with Gasteiger partial charge in [-0.2, -0.15) is 0 Å². The lowest BCUT2D eigenvalue weighted by atomic mass is 9.85. The van der Waals surface area contributed by atoms with Crippen LogP contribution in [0.4, 0.5) is 8.78 Å². The molecule has 6 heteroatoms. The van der Waals surface area contributed by atoms with Crippen LogP contribution in [0.2, 0.25) is 0 Å². The molecule has 0 aliphatic heterocycles. The van der Waals surface area contributed by atoms with Crippen LogP contribution in [0.3, 0.4) is 0 Å². The van der Waals surface area contributed by atoms with E-state index in [0.29, 0.717) is 0 Å². The number of primary amides is 1. The van der Waals surface area contributed by atoms with Crippen molar-refractivity contribution in [2.45, 2.75) is 5.60 Å². The molecule has 1 unspecified atom stereocenters. The lowest BCUT2D eigenvalue weighted by Crippen LogP contribution is -2.43. The van der Waals surface area contributed by atoms with Gasteiger partial charge in [-0.1, -0.05) is 30.3 Å². The molecular formula is C15H13F2NO3. The molecule has 0 fully saturated rings. The summed E-state index contributed by atoms with van der Waals surface area (Å²) in [5, 5.41) is 10.6. The Morgan fingerprint density at radius 3 is 2.38 bits per heavy atom. The maximum Gasteiger partial charge on any atom is 0.258 e. The molecule has 1 amide bonds. The fourth-order valence-electron chi connectivity index (χ4n) is 2.06. The maximum atomic E-state index is 14.1. The molecule has 4 nitrogen and oxygen atoms in total. The summed E-state index contributed by atoms with van der Waals surface area (Å²) in [4.78, 5) is 11.7. The molecule has 2 aromatic carbocycles. The average molecular weight is 293 g/mol. The molecule has 3 N–H and O–H groups in total. The van der Waals surface area contributed by atoms with E-state index in [9.17, 15) is 18.7 Å². The fraction of sp³-hybridized carbons (Fsp3) is 0.133. The third-order valence-corrected chi connectivity index (χ3v) is 3.18. The van der Waals surface area contributed by atoms with Crippen molar-refractivity contribution >= 4 is 5.91 Å². The Kier molecular flexibility index (Phi) is 3.90. The van der Waals surface area contributed by atoms with Crippen LogP contribution in [0.1, 0.15) is 11.1 Å². The second-order valence-corrected chi connectivity index (χ2v) is 4.41. The third kappa shape index (κ3) is 2.45. The van der Waals surface area contributed by atoms with Crippen LogP contribution in [0, 0.1) is 11.6 Å². The topological polar surface area (TPSA) is 72.6 Å². The highest BCUT2D eigenvalue weighted by Gasteiger charge is 2.41. The number of aliphatic hydroxyl groups is 1. The summed E-state index contributed by atoms with van der Waals surface area (Å²) in [6.07, 6.45) is 0. The van der Waals surface area contributed by atoms with Gasteiger partial charge in [0.05, 0.1) is 7.11 Å². The fourth-order valence-corrected chi connectivity index (χ4v) is 2.06. The molecule has 0 aromatic heterocycles. The van der Waals surface area contributed by atoms with Crippen LogP contribution in [-0.2, 0) is 10.4 Å². The number of benzene rings is 2. The number of methoxy groups -OCH3 is 1. The van der Waals surface area contributed by atoms with E-state index >= 15 is 0 Å². The minimum Gasteiger partial charge on any atom is -0.497 e. The smallest absolute Gasteiger partial charge is 0.258 e. The van der Waals surface area contributed by atoms with Gasteiger partial charge in [0.2, 0.25) is 0 Å². The summed E-state index contributed by atoms with van der Waals surface area (Å²) in [5.74, 6) is -3.87. The molecule has 0 saturated carbocycles. The number of rotatable bonds is 4. The Morgan fingerprint density at radius 2 is 1.86 bits per heavy atom. The van der Waals surface area contributed by atoms with E-state index in [2.05, 4.69) is 0 Å². The Hall–Kier alpha value is -2.47. The number of hydrogen-bond donors (Lipinski definition) is 2. The third-order valence-electron chi connectivity index (χ3n) is 3.18. The molecule has 0 radical (unpaired) electrons. The summed E-state index contributed by atoms with van der Waals surface area (Å²) in [6, 6.07) is 9.35. The molecule has 0 aliphatic rings. The number of nitrogens with two attached hydrogens (primary N) is 1. The number of ether oxygens (including phenoxy) is 1. The van der Waals surface area contributed by atoms with Crippen LogP contribution < -0.4 is 10.5 Å². The highest BCUT2D eigenvalue weighted by Crippen LogP contribution is 2.34. The summed E-state index contributed by atoms with van der Waals surface area (Å²) < 4.78 is 32.5. The maximum absolute atomic E-state index is 14.1. The summed E-state index contributed by atoms with van der Waals surface area (Å²) in [7, 11) is 1.25. The van der Waals surface area contributed by atoms with Gasteiger partial charge in [0.15, 0.2) is 17.2 Å². The quantitative estimate of drug-likeness (QED) is 0.901. The molecule has 0 aliphatic carbocycles. The molecule has 2 aromatic rings. The first-order valence-corrected chi connectivity index (χ1v) is 6.02. The molecule has 110 valence electrons. The van der Waals surface area contributed by atoms with Crippen LogP contribution in [0.15, 0.2) is 42.5 Å². The molecular weight excluding hydrogens is 280 g/mol. The molecule has 1 atom stereocenters. The molecule has 0 bridgehead atoms. The Labute approximate surface area is 119 Å². The van der Waals surface area contributed by atoms with Gasteiger partial charge < -0.3 is 15.6 Å². The Morgan fingerprint density at radius 1 is 1.24 bits per heavy atom. The molecule has 0 spiro atoms. The lowest BCUT2D eigenvalue weighted by molar-refractivity contribution is -0.133. The van der Waals surface area contributed by atoms with Crippen molar-refractivity contribution in [2.24, 2.45) is 5.73 Å². The van der Waals surface area contributed by atoms with Gasteiger partial charge in [0, 0.05) is 11.6 Å². The summed E-state index contributed by atoms with van der Waals surface area (Å²) >= 11 is 0. The standard InChI is InChI=1S/C15H13F2NO3/c1-21-10-7-11(13(17)12(16)8-10)15(20,14(18)19)9-5-3-2-4-6-9/h2-8,20H,1H3,(H2,18,19). The lowest BCUT2D eigenvalue weighted by Gasteiger charge is -2.26. The number of carbonyl (C=O) groups is 1. The van der Waals surface area contributed by atoms with Crippen LogP contribution in [-0.4, -0.2) is 18.1 Å².